The summed E-state index contributed by atoms with van der Waals surface area (Å²) in [6, 6.07) is 8.82. The summed E-state index contributed by atoms with van der Waals surface area (Å²) in [4.78, 5) is 26.0. The van der Waals surface area contributed by atoms with Crippen molar-refractivity contribution < 1.29 is 14.7 Å². The second-order valence-electron chi connectivity index (χ2n) is 5.67. The first-order chi connectivity index (χ1) is 10.6. The number of hydrogen-bond donors (Lipinski definition) is 3. The molecule has 6 heteroatoms. The van der Waals surface area contributed by atoms with Crippen molar-refractivity contribution in [3.05, 3.63) is 30.3 Å². The second-order valence-corrected chi connectivity index (χ2v) is 5.67. The Morgan fingerprint density at radius 1 is 1.36 bits per heavy atom. The fourth-order valence-electron chi connectivity index (χ4n) is 2.51. The van der Waals surface area contributed by atoms with Gasteiger partial charge in [0.05, 0.1) is 12.5 Å². The Morgan fingerprint density at radius 3 is 2.77 bits per heavy atom. The molecule has 22 heavy (non-hydrogen) atoms. The number of likely N-dealkylation sites (tertiary alicyclic amines) is 1. The van der Waals surface area contributed by atoms with E-state index < -0.39 is 0 Å². The van der Waals surface area contributed by atoms with Crippen molar-refractivity contribution in [3.8, 4) is 0 Å². The normalized spacial score (nSPS) is 19.4. The maximum Gasteiger partial charge on any atom is 0.321 e. The van der Waals surface area contributed by atoms with Crippen LogP contribution < -0.4 is 10.6 Å². The van der Waals surface area contributed by atoms with Gasteiger partial charge in [0.2, 0.25) is 5.91 Å². The van der Waals surface area contributed by atoms with E-state index in [1.807, 2.05) is 30.3 Å². The van der Waals surface area contributed by atoms with Crippen LogP contribution in [0.3, 0.4) is 0 Å². The Bertz CT molecular complexity index is 507. The minimum atomic E-state index is -0.263. The van der Waals surface area contributed by atoms with Crippen molar-refractivity contribution in [3.63, 3.8) is 0 Å². The van der Waals surface area contributed by atoms with Crippen molar-refractivity contribution in [1.29, 1.82) is 0 Å². The van der Waals surface area contributed by atoms with Gasteiger partial charge in [-0.3, -0.25) is 4.79 Å². The Morgan fingerprint density at radius 2 is 2.09 bits per heavy atom. The van der Waals surface area contributed by atoms with Crippen LogP contribution in [0.2, 0.25) is 0 Å². The molecule has 1 fully saturated rings. The van der Waals surface area contributed by atoms with Gasteiger partial charge in [-0.15, -0.1) is 0 Å². The summed E-state index contributed by atoms with van der Waals surface area (Å²) in [5, 5.41) is 14.6. The Balaban J connectivity index is 1.89. The molecule has 1 saturated heterocycles. The SMILES string of the molecule is CC(CO)NC(=O)C1CCCN(C(=O)Nc2ccccc2)C1. The van der Waals surface area contributed by atoms with Crippen LogP contribution in [0, 0.1) is 5.92 Å². The number of hydrogen-bond acceptors (Lipinski definition) is 3. The third-order valence-corrected chi connectivity index (χ3v) is 3.77. The molecule has 1 heterocycles. The fraction of sp³-hybridized carbons (Fsp3) is 0.500. The van der Waals surface area contributed by atoms with Gasteiger partial charge in [0, 0.05) is 24.8 Å². The third-order valence-electron chi connectivity index (χ3n) is 3.77. The molecule has 0 saturated carbocycles. The predicted octanol–water partition coefficient (Wildman–Crippen LogP) is 1.43. The molecule has 1 aromatic rings. The van der Waals surface area contributed by atoms with Crippen LogP contribution in [-0.2, 0) is 4.79 Å². The zero-order valence-electron chi connectivity index (χ0n) is 12.8. The van der Waals surface area contributed by atoms with Crippen LogP contribution in [0.15, 0.2) is 30.3 Å². The Labute approximate surface area is 130 Å². The molecule has 120 valence electrons. The number of para-hydroxylation sites is 1. The van der Waals surface area contributed by atoms with Gasteiger partial charge < -0.3 is 20.6 Å². The minimum Gasteiger partial charge on any atom is -0.394 e. The van der Waals surface area contributed by atoms with Gasteiger partial charge in [0.1, 0.15) is 0 Å². The van der Waals surface area contributed by atoms with Gasteiger partial charge >= 0.3 is 6.03 Å². The van der Waals surface area contributed by atoms with E-state index in [1.165, 1.54) is 0 Å². The highest BCUT2D eigenvalue weighted by Gasteiger charge is 2.28. The smallest absolute Gasteiger partial charge is 0.321 e. The first kappa shape index (κ1) is 16.3. The van der Waals surface area contributed by atoms with Crippen molar-refractivity contribution in [1.82, 2.24) is 10.2 Å². The van der Waals surface area contributed by atoms with E-state index in [2.05, 4.69) is 10.6 Å². The first-order valence-corrected chi connectivity index (χ1v) is 7.62. The highest BCUT2D eigenvalue weighted by molar-refractivity contribution is 5.90. The molecule has 0 radical (unpaired) electrons. The number of carbonyl (C=O) groups excluding carboxylic acids is 2. The van der Waals surface area contributed by atoms with E-state index in [0.717, 1.165) is 18.5 Å². The van der Waals surface area contributed by atoms with Gasteiger partial charge in [-0.1, -0.05) is 18.2 Å². The zero-order valence-corrected chi connectivity index (χ0v) is 12.8. The zero-order chi connectivity index (χ0) is 15.9. The summed E-state index contributed by atoms with van der Waals surface area (Å²) < 4.78 is 0. The summed E-state index contributed by atoms with van der Waals surface area (Å²) in [7, 11) is 0. The summed E-state index contributed by atoms with van der Waals surface area (Å²) in [5.41, 5.74) is 0.743. The summed E-state index contributed by atoms with van der Waals surface area (Å²) >= 11 is 0. The number of aliphatic hydroxyl groups excluding tert-OH is 1. The molecule has 0 aromatic heterocycles. The molecule has 2 rings (SSSR count). The van der Waals surface area contributed by atoms with Crippen LogP contribution in [0.1, 0.15) is 19.8 Å². The van der Waals surface area contributed by atoms with E-state index >= 15 is 0 Å². The topological polar surface area (TPSA) is 81.7 Å². The first-order valence-electron chi connectivity index (χ1n) is 7.62. The average molecular weight is 305 g/mol. The molecule has 3 amide bonds. The van der Waals surface area contributed by atoms with Crippen molar-refractivity contribution in [2.24, 2.45) is 5.92 Å². The number of nitrogens with one attached hydrogen (secondary N) is 2. The number of amides is 3. The number of anilines is 1. The highest BCUT2D eigenvalue weighted by atomic mass is 16.3. The highest BCUT2D eigenvalue weighted by Crippen LogP contribution is 2.18. The quantitative estimate of drug-likeness (QED) is 0.787. The van der Waals surface area contributed by atoms with Crippen LogP contribution in [0.25, 0.3) is 0 Å². The van der Waals surface area contributed by atoms with Crippen LogP contribution in [0.4, 0.5) is 10.5 Å². The molecule has 6 nitrogen and oxygen atoms in total. The Hall–Kier alpha value is -2.08. The van der Waals surface area contributed by atoms with Crippen molar-refractivity contribution in [2.45, 2.75) is 25.8 Å². The lowest BCUT2D eigenvalue weighted by atomic mass is 9.97. The molecule has 1 aromatic carbocycles. The summed E-state index contributed by atoms with van der Waals surface area (Å²) in [6.45, 7) is 2.72. The molecule has 0 spiro atoms. The molecular formula is C16H23N3O3. The monoisotopic (exact) mass is 305 g/mol. The number of piperidine rings is 1. The predicted molar refractivity (Wildman–Crippen MR) is 84.4 cm³/mol. The molecule has 2 atom stereocenters. The van der Waals surface area contributed by atoms with E-state index in [4.69, 9.17) is 5.11 Å². The lowest BCUT2D eigenvalue weighted by Crippen LogP contribution is -2.48. The number of urea groups is 1. The maximum absolute atomic E-state index is 12.3. The number of benzene rings is 1. The number of rotatable bonds is 4. The number of carbonyl (C=O) groups is 2. The molecule has 1 aliphatic heterocycles. The van der Waals surface area contributed by atoms with E-state index in [0.29, 0.717) is 13.1 Å². The van der Waals surface area contributed by atoms with E-state index in [1.54, 1.807) is 11.8 Å². The third kappa shape index (κ3) is 4.46. The molecule has 2 unspecified atom stereocenters. The van der Waals surface area contributed by atoms with Gasteiger partial charge in [-0.2, -0.15) is 0 Å². The van der Waals surface area contributed by atoms with Crippen LogP contribution >= 0.6 is 0 Å². The largest absolute Gasteiger partial charge is 0.394 e. The van der Waals surface area contributed by atoms with E-state index in [-0.39, 0.29) is 30.5 Å². The van der Waals surface area contributed by atoms with Crippen molar-refractivity contribution in [2.75, 3.05) is 25.0 Å². The van der Waals surface area contributed by atoms with Gasteiger partial charge in [0.25, 0.3) is 0 Å². The lowest BCUT2D eigenvalue weighted by molar-refractivity contribution is -0.127. The molecule has 1 aliphatic rings. The summed E-state index contributed by atoms with van der Waals surface area (Å²) in [6.07, 6.45) is 1.56. The molecule has 0 aliphatic carbocycles. The standard InChI is InChI=1S/C16H23N3O3/c1-12(11-20)17-15(21)13-6-5-9-19(10-13)16(22)18-14-7-3-2-4-8-14/h2-4,7-8,12-13,20H,5-6,9-11H2,1H3,(H,17,21)(H,18,22). The minimum absolute atomic E-state index is 0.0866. The molecular weight excluding hydrogens is 282 g/mol. The second kappa shape index (κ2) is 7.79. The number of nitrogens with zero attached hydrogens (tertiary/aromatic N) is 1. The number of aliphatic hydroxyl groups is 1. The van der Waals surface area contributed by atoms with Crippen LogP contribution in [0.5, 0.6) is 0 Å². The van der Waals surface area contributed by atoms with Gasteiger partial charge in [-0.25, -0.2) is 4.79 Å². The van der Waals surface area contributed by atoms with Gasteiger partial charge in [-0.05, 0) is 31.9 Å². The Kier molecular flexibility index (Phi) is 5.77. The van der Waals surface area contributed by atoms with Crippen molar-refractivity contribution >= 4 is 17.6 Å². The average Bonchev–Trinajstić information content (AvgIpc) is 2.55. The van der Waals surface area contributed by atoms with E-state index in [9.17, 15) is 9.59 Å². The van der Waals surface area contributed by atoms with Crippen LogP contribution in [-0.4, -0.2) is 47.7 Å². The van der Waals surface area contributed by atoms with Gasteiger partial charge in [0.15, 0.2) is 0 Å². The summed E-state index contributed by atoms with van der Waals surface area (Å²) in [5.74, 6) is -0.317. The lowest BCUT2D eigenvalue weighted by Gasteiger charge is -2.32. The fourth-order valence-corrected chi connectivity index (χ4v) is 2.51. The molecule has 0 bridgehead atoms. The maximum atomic E-state index is 12.3. The molecule has 3 N–H and O–H groups in total.